The minimum atomic E-state index is 0.698. The molecule has 0 heterocycles. The molecule has 0 aromatic carbocycles. The third-order valence-corrected chi connectivity index (χ3v) is 2.59. The molecule has 0 aliphatic carbocycles. The maximum atomic E-state index is 10.5. The number of carbonyl (C=O) groups excluding carboxylic acids is 1. The van der Waals surface area contributed by atoms with Crippen LogP contribution in [0.1, 0.15) is 46.5 Å². The van der Waals surface area contributed by atoms with Crippen molar-refractivity contribution in [3.8, 4) is 0 Å². The molecule has 14 heavy (non-hydrogen) atoms. The van der Waals surface area contributed by atoms with Crippen LogP contribution in [-0.4, -0.2) is 24.5 Å². The van der Waals surface area contributed by atoms with Crippen molar-refractivity contribution >= 4 is 6.41 Å². The standard InChI is InChI=1S/C11H24N2O/c1-4-7-8-11(5-2)9-12-13(6-3)10-14/h10-12H,4-9H2,1-3H3. The molecule has 0 aromatic rings. The number of carbonyl (C=O) groups is 1. The van der Waals surface area contributed by atoms with Gasteiger partial charge in [-0.3, -0.25) is 9.80 Å². The van der Waals surface area contributed by atoms with Gasteiger partial charge < -0.3 is 0 Å². The number of nitrogens with one attached hydrogen (secondary N) is 1. The highest BCUT2D eigenvalue weighted by molar-refractivity contribution is 5.45. The summed E-state index contributed by atoms with van der Waals surface area (Å²) in [5.41, 5.74) is 3.14. The van der Waals surface area contributed by atoms with E-state index in [2.05, 4.69) is 19.3 Å². The number of hydrogen-bond donors (Lipinski definition) is 1. The smallest absolute Gasteiger partial charge is 0.223 e. The minimum Gasteiger partial charge on any atom is -0.281 e. The van der Waals surface area contributed by atoms with E-state index in [1.54, 1.807) is 5.01 Å². The highest BCUT2D eigenvalue weighted by Crippen LogP contribution is 2.11. The zero-order chi connectivity index (χ0) is 10.8. The molecule has 1 unspecified atom stereocenters. The summed E-state index contributed by atoms with van der Waals surface area (Å²) in [6, 6.07) is 0. The average molecular weight is 200 g/mol. The van der Waals surface area contributed by atoms with Crippen molar-refractivity contribution in [3.63, 3.8) is 0 Å². The summed E-state index contributed by atoms with van der Waals surface area (Å²) in [6.07, 6.45) is 5.83. The van der Waals surface area contributed by atoms with Crippen LogP contribution < -0.4 is 5.43 Å². The van der Waals surface area contributed by atoms with Gasteiger partial charge in [-0.2, -0.15) is 0 Å². The van der Waals surface area contributed by atoms with Gasteiger partial charge in [0.05, 0.1) is 0 Å². The van der Waals surface area contributed by atoms with Crippen molar-refractivity contribution < 1.29 is 4.79 Å². The molecule has 0 radical (unpaired) electrons. The average Bonchev–Trinajstić information content (AvgIpc) is 2.23. The van der Waals surface area contributed by atoms with Crippen molar-refractivity contribution in [1.82, 2.24) is 10.4 Å². The zero-order valence-electron chi connectivity index (χ0n) is 9.75. The summed E-state index contributed by atoms with van der Waals surface area (Å²) in [6.45, 7) is 8.04. The molecule has 0 bridgehead atoms. The van der Waals surface area contributed by atoms with Gasteiger partial charge in [-0.25, -0.2) is 5.43 Å². The lowest BCUT2D eigenvalue weighted by Gasteiger charge is -2.21. The van der Waals surface area contributed by atoms with Crippen molar-refractivity contribution in [1.29, 1.82) is 0 Å². The fourth-order valence-electron chi connectivity index (χ4n) is 1.41. The van der Waals surface area contributed by atoms with Crippen molar-refractivity contribution in [3.05, 3.63) is 0 Å². The molecule has 3 heteroatoms. The zero-order valence-corrected chi connectivity index (χ0v) is 9.75. The molecule has 1 amide bonds. The van der Waals surface area contributed by atoms with Gasteiger partial charge in [-0.15, -0.1) is 0 Å². The first-order chi connectivity index (χ1) is 6.78. The van der Waals surface area contributed by atoms with Gasteiger partial charge in [-0.1, -0.05) is 33.1 Å². The third-order valence-electron chi connectivity index (χ3n) is 2.59. The van der Waals surface area contributed by atoms with E-state index in [4.69, 9.17) is 0 Å². The van der Waals surface area contributed by atoms with Crippen LogP contribution in [0.4, 0.5) is 0 Å². The van der Waals surface area contributed by atoms with E-state index < -0.39 is 0 Å². The van der Waals surface area contributed by atoms with E-state index in [-0.39, 0.29) is 0 Å². The highest BCUT2D eigenvalue weighted by atomic mass is 16.1. The summed E-state index contributed by atoms with van der Waals surface area (Å²) in [5, 5.41) is 1.61. The molecule has 84 valence electrons. The van der Waals surface area contributed by atoms with Crippen LogP contribution in [0, 0.1) is 5.92 Å². The van der Waals surface area contributed by atoms with Crippen molar-refractivity contribution in [2.24, 2.45) is 5.92 Å². The number of rotatable bonds is 9. The van der Waals surface area contributed by atoms with Gasteiger partial charge in [0.1, 0.15) is 0 Å². The first kappa shape index (κ1) is 13.4. The quantitative estimate of drug-likeness (QED) is 0.457. The maximum Gasteiger partial charge on any atom is 0.223 e. The molecule has 0 aromatic heterocycles. The number of unbranched alkanes of at least 4 members (excludes halogenated alkanes) is 1. The van der Waals surface area contributed by atoms with Crippen LogP contribution in [0.5, 0.6) is 0 Å². The van der Waals surface area contributed by atoms with Gasteiger partial charge >= 0.3 is 0 Å². The summed E-state index contributed by atoms with van der Waals surface area (Å²) in [7, 11) is 0. The van der Waals surface area contributed by atoms with Crippen LogP contribution in [0.3, 0.4) is 0 Å². The Morgan fingerprint density at radius 2 is 2.07 bits per heavy atom. The molecular formula is C11H24N2O. The third kappa shape index (κ3) is 5.97. The van der Waals surface area contributed by atoms with E-state index in [1.807, 2.05) is 6.92 Å². The first-order valence-electron chi connectivity index (χ1n) is 5.73. The monoisotopic (exact) mass is 200 g/mol. The van der Waals surface area contributed by atoms with Gasteiger partial charge in [0.25, 0.3) is 0 Å². The first-order valence-corrected chi connectivity index (χ1v) is 5.73. The molecule has 0 aliphatic rings. The highest BCUT2D eigenvalue weighted by Gasteiger charge is 2.06. The largest absolute Gasteiger partial charge is 0.281 e. The van der Waals surface area contributed by atoms with Crippen LogP contribution in [0.15, 0.2) is 0 Å². The SMILES string of the molecule is CCCCC(CC)CNN(C=O)CC. The molecule has 0 saturated heterocycles. The number of nitrogens with zero attached hydrogens (tertiary/aromatic N) is 1. The summed E-state index contributed by atoms with van der Waals surface area (Å²) in [4.78, 5) is 10.5. The van der Waals surface area contributed by atoms with Crippen molar-refractivity contribution in [2.45, 2.75) is 46.5 Å². The molecule has 0 spiro atoms. The van der Waals surface area contributed by atoms with Crippen LogP contribution >= 0.6 is 0 Å². The normalized spacial score (nSPS) is 12.5. The summed E-state index contributed by atoms with van der Waals surface area (Å²) in [5.74, 6) is 0.698. The molecule has 3 nitrogen and oxygen atoms in total. The predicted octanol–water partition coefficient (Wildman–Crippen LogP) is 2.19. The van der Waals surface area contributed by atoms with Gasteiger partial charge in [0.2, 0.25) is 6.41 Å². The van der Waals surface area contributed by atoms with E-state index >= 15 is 0 Å². The Hall–Kier alpha value is -0.570. The topological polar surface area (TPSA) is 32.3 Å². The molecule has 1 N–H and O–H groups in total. The Bertz CT molecular complexity index is 139. The van der Waals surface area contributed by atoms with E-state index in [0.29, 0.717) is 5.92 Å². The minimum absolute atomic E-state index is 0.698. The molecule has 0 saturated carbocycles. The van der Waals surface area contributed by atoms with Gasteiger partial charge in [0, 0.05) is 13.1 Å². The maximum absolute atomic E-state index is 10.5. The molecule has 0 aliphatic heterocycles. The second-order valence-corrected chi connectivity index (χ2v) is 3.67. The fourth-order valence-corrected chi connectivity index (χ4v) is 1.41. The molecule has 0 rings (SSSR count). The second kappa shape index (κ2) is 9.00. The predicted molar refractivity (Wildman–Crippen MR) is 59.8 cm³/mol. The lowest BCUT2D eigenvalue weighted by Crippen LogP contribution is -2.39. The van der Waals surface area contributed by atoms with Crippen molar-refractivity contribution in [2.75, 3.05) is 13.1 Å². The molecule has 0 fully saturated rings. The fraction of sp³-hybridized carbons (Fsp3) is 0.909. The van der Waals surface area contributed by atoms with E-state index in [1.165, 1.54) is 25.7 Å². The number of amides is 1. The number of hydrazine groups is 1. The lowest BCUT2D eigenvalue weighted by atomic mass is 10.00. The Morgan fingerprint density at radius 3 is 2.50 bits per heavy atom. The van der Waals surface area contributed by atoms with Crippen LogP contribution in [0.25, 0.3) is 0 Å². The van der Waals surface area contributed by atoms with Crippen LogP contribution in [-0.2, 0) is 4.79 Å². The Kier molecular flexibility index (Phi) is 8.64. The van der Waals surface area contributed by atoms with Gasteiger partial charge in [-0.05, 0) is 19.3 Å². The second-order valence-electron chi connectivity index (χ2n) is 3.67. The summed E-state index contributed by atoms with van der Waals surface area (Å²) < 4.78 is 0. The Morgan fingerprint density at radius 1 is 1.36 bits per heavy atom. The number of hydrogen-bond acceptors (Lipinski definition) is 2. The summed E-state index contributed by atoms with van der Waals surface area (Å²) >= 11 is 0. The van der Waals surface area contributed by atoms with Crippen LogP contribution in [0.2, 0.25) is 0 Å². The molecule has 1 atom stereocenters. The van der Waals surface area contributed by atoms with E-state index in [0.717, 1.165) is 19.5 Å². The Balaban J connectivity index is 3.64. The van der Waals surface area contributed by atoms with Gasteiger partial charge in [0.15, 0.2) is 0 Å². The molecular weight excluding hydrogens is 176 g/mol. The lowest BCUT2D eigenvalue weighted by molar-refractivity contribution is -0.120. The Labute approximate surface area is 87.8 Å². The van der Waals surface area contributed by atoms with E-state index in [9.17, 15) is 4.79 Å².